The van der Waals surface area contributed by atoms with Crippen molar-refractivity contribution in [3.63, 3.8) is 0 Å². The third kappa shape index (κ3) is 3.07. The standard InChI is InChI=1S/C11H19N3/c1-4-6-13-11(9(2)3)10-5-7-12-8-14-10/h5,7-9,11,13H,4,6H2,1-3H3. The highest BCUT2D eigenvalue weighted by Gasteiger charge is 2.15. The van der Waals surface area contributed by atoms with E-state index in [9.17, 15) is 0 Å². The van der Waals surface area contributed by atoms with E-state index in [1.54, 1.807) is 12.5 Å². The molecule has 0 amide bonds. The highest BCUT2D eigenvalue weighted by molar-refractivity contribution is 5.05. The molecule has 0 spiro atoms. The molecule has 0 bridgehead atoms. The van der Waals surface area contributed by atoms with Crippen molar-refractivity contribution in [1.29, 1.82) is 0 Å². The second-order valence-corrected chi connectivity index (χ2v) is 3.81. The zero-order valence-corrected chi connectivity index (χ0v) is 9.20. The molecule has 1 heterocycles. The van der Waals surface area contributed by atoms with E-state index in [0.29, 0.717) is 12.0 Å². The molecule has 3 heteroatoms. The molecular weight excluding hydrogens is 174 g/mol. The largest absolute Gasteiger partial charge is 0.308 e. The fourth-order valence-electron chi connectivity index (χ4n) is 1.47. The number of hydrogen-bond donors (Lipinski definition) is 1. The average molecular weight is 193 g/mol. The van der Waals surface area contributed by atoms with E-state index < -0.39 is 0 Å². The second-order valence-electron chi connectivity index (χ2n) is 3.81. The summed E-state index contributed by atoms with van der Waals surface area (Å²) >= 11 is 0. The molecular formula is C11H19N3. The summed E-state index contributed by atoms with van der Waals surface area (Å²) in [6, 6.07) is 2.32. The van der Waals surface area contributed by atoms with Gasteiger partial charge in [0.1, 0.15) is 6.33 Å². The van der Waals surface area contributed by atoms with Gasteiger partial charge in [0, 0.05) is 6.20 Å². The van der Waals surface area contributed by atoms with Crippen molar-refractivity contribution in [2.45, 2.75) is 33.2 Å². The Kier molecular flexibility index (Phi) is 4.53. The van der Waals surface area contributed by atoms with Crippen LogP contribution in [0.4, 0.5) is 0 Å². The van der Waals surface area contributed by atoms with E-state index in [1.165, 1.54) is 0 Å². The monoisotopic (exact) mass is 193 g/mol. The third-order valence-corrected chi connectivity index (χ3v) is 2.20. The molecule has 1 aromatic heterocycles. The number of aromatic nitrogens is 2. The Bertz CT molecular complexity index is 246. The first-order valence-electron chi connectivity index (χ1n) is 5.25. The zero-order valence-electron chi connectivity index (χ0n) is 9.20. The summed E-state index contributed by atoms with van der Waals surface area (Å²) in [5, 5.41) is 3.49. The molecule has 0 aliphatic heterocycles. The Hall–Kier alpha value is -0.960. The molecule has 3 nitrogen and oxygen atoms in total. The van der Waals surface area contributed by atoms with Crippen molar-refractivity contribution in [2.24, 2.45) is 5.92 Å². The van der Waals surface area contributed by atoms with Crippen LogP contribution < -0.4 is 5.32 Å². The van der Waals surface area contributed by atoms with Gasteiger partial charge in [-0.15, -0.1) is 0 Å². The van der Waals surface area contributed by atoms with Gasteiger partial charge in [-0.2, -0.15) is 0 Å². The van der Waals surface area contributed by atoms with Crippen LogP contribution in [-0.2, 0) is 0 Å². The average Bonchev–Trinajstić information content (AvgIpc) is 2.19. The summed E-state index contributed by atoms with van der Waals surface area (Å²) in [7, 11) is 0. The van der Waals surface area contributed by atoms with Gasteiger partial charge in [0.25, 0.3) is 0 Å². The molecule has 1 N–H and O–H groups in total. The fourth-order valence-corrected chi connectivity index (χ4v) is 1.47. The molecule has 0 fully saturated rings. The topological polar surface area (TPSA) is 37.8 Å². The van der Waals surface area contributed by atoms with Gasteiger partial charge in [-0.25, -0.2) is 9.97 Å². The molecule has 14 heavy (non-hydrogen) atoms. The van der Waals surface area contributed by atoms with Gasteiger partial charge in [0.15, 0.2) is 0 Å². The Labute approximate surface area is 86.0 Å². The van der Waals surface area contributed by atoms with Gasteiger partial charge in [0.2, 0.25) is 0 Å². The summed E-state index contributed by atoms with van der Waals surface area (Å²) in [6.45, 7) is 7.61. The van der Waals surface area contributed by atoms with Crippen LogP contribution in [-0.4, -0.2) is 16.5 Å². The molecule has 1 rings (SSSR count). The number of hydrogen-bond acceptors (Lipinski definition) is 3. The molecule has 1 atom stereocenters. The van der Waals surface area contributed by atoms with Crippen molar-refractivity contribution in [3.05, 3.63) is 24.3 Å². The first-order chi connectivity index (χ1) is 6.75. The molecule has 0 aromatic carbocycles. The van der Waals surface area contributed by atoms with Crippen LogP contribution >= 0.6 is 0 Å². The molecule has 1 unspecified atom stereocenters. The van der Waals surface area contributed by atoms with Crippen LogP contribution in [0.15, 0.2) is 18.6 Å². The van der Waals surface area contributed by atoms with Gasteiger partial charge >= 0.3 is 0 Å². The van der Waals surface area contributed by atoms with Crippen molar-refractivity contribution < 1.29 is 0 Å². The Morgan fingerprint density at radius 2 is 2.21 bits per heavy atom. The van der Waals surface area contributed by atoms with Crippen LogP contribution in [0.25, 0.3) is 0 Å². The quantitative estimate of drug-likeness (QED) is 0.778. The molecule has 0 aliphatic carbocycles. The minimum Gasteiger partial charge on any atom is -0.308 e. The van der Waals surface area contributed by atoms with Crippen molar-refractivity contribution >= 4 is 0 Å². The van der Waals surface area contributed by atoms with E-state index in [1.807, 2.05) is 6.07 Å². The van der Waals surface area contributed by atoms with Crippen molar-refractivity contribution in [2.75, 3.05) is 6.54 Å². The Morgan fingerprint density at radius 1 is 1.43 bits per heavy atom. The first-order valence-corrected chi connectivity index (χ1v) is 5.25. The lowest BCUT2D eigenvalue weighted by Crippen LogP contribution is -2.27. The van der Waals surface area contributed by atoms with Crippen LogP contribution in [0, 0.1) is 5.92 Å². The molecule has 78 valence electrons. The minimum atomic E-state index is 0.345. The van der Waals surface area contributed by atoms with Crippen LogP contribution in [0.2, 0.25) is 0 Å². The van der Waals surface area contributed by atoms with Crippen LogP contribution in [0.1, 0.15) is 38.9 Å². The zero-order chi connectivity index (χ0) is 10.4. The summed E-state index contributed by atoms with van der Waals surface area (Å²) in [5.41, 5.74) is 1.09. The van der Waals surface area contributed by atoms with Crippen LogP contribution in [0.3, 0.4) is 0 Å². The lowest BCUT2D eigenvalue weighted by atomic mass is 10.0. The lowest BCUT2D eigenvalue weighted by molar-refractivity contribution is 0.404. The van der Waals surface area contributed by atoms with Crippen molar-refractivity contribution in [1.82, 2.24) is 15.3 Å². The normalized spacial score (nSPS) is 13.1. The predicted molar refractivity (Wildman–Crippen MR) is 57.9 cm³/mol. The number of rotatable bonds is 5. The Morgan fingerprint density at radius 3 is 2.71 bits per heavy atom. The second kappa shape index (κ2) is 5.70. The van der Waals surface area contributed by atoms with E-state index in [4.69, 9.17) is 0 Å². The van der Waals surface area contributed by atoms with Crippen molar-refractivity contribution in [3.8, 4) is 0 Å². The minimum absolute atomic E-state index is 0.345. The highest BCUT2D eigenvalue weighted by Crippen LogP contribution is 2.18. The Balaban J connectivity index is 2.68. The van der Waals surface area contributed by atoms with Crippen LogP contribution in [0.5, 0.6) is 0 Å². The lowest BCUT2D eigenvalue weighted by Gasteiger charge is -2.21. The summed E-state index contributed by atoms with van der Waals surface area (Å²) in [6.07, 6.45) is 4.55. The number of nitrogens with one attached hydrogen (secondary N) is 1. The summed E-state index contributed by atoms with van der Waals surface area (Å²) in [5.74, 6) is 0.552. The maximum atomic E-state index is 4.28. The van der Waals surface area contributed by atoms with Gasteiger partial charge in [0.05, 0.1) is 11.7 Å². The van der Waals surface area contributed by atoms with E-state index >= 15 is 0 Å². The molecule has 0 saturated heterocycles. The maximum absolute atomic E-state index is 4.28. The maximum Gasteiger partial charge on any atom is 0.115 e. The fraction of sp³-hybridized carbons (Fsp3) is 0.636. The molecule has 0 radical (unpaired) electrons. The molecule has 0 saturated carbocycles. The van der Waals surface area contributed by atoms with Gasteiger partial charge in [-0.1, -0.05) is 20.8 Å². The van der Waals surface area contributed by atoms with Gasteiger partial charge in [-0.05, 0) is 24.9 Å². The summed E-state index contributed by atoms with van der Waals surface area (Å²) < 4.78 is 0. The summed E-state index contributed by atoms with van der Waals surface area (Å²) in [4.78, 5) is 8.21. The smallest absolute Gasteiger partial charge is 0.115 e. The van der Waals surface area contributed by atoms with Gasteiger partial charge in [-0.3, -0.25) is 0 Å². The van der Waals surface area contributed by atoms with E-state index in [-0.39, 0.29) is 0 Å². The third-order valence-electron chi connectivity index (χ3n) is 2.20. The molecule has 1 aromatic rings. The van der Waals surface area contributed by atoms with E-state index in [0.717, 1.165) is 18.7 Å². The first kappa shape index (κ1) is 11.1. The van der Waals surface area contributed by atoms with E-state index in [2.05, 4.69) is 36.1 Å². The highest BCUT2D eigenvalue weighted by atomic mass is 15.0. The van der Waals surface area contributed by atoms with Gasteiger partial charge < -0.3 is 5.32 Å². The SMILES string of the molecule is CCCNC(c1ccncn1)C(C)C. The predicted octanol–water partition coefficient (Wildman–Crippen LogP) is 2.17. The molecule has 0 aliphatic rings. The number of nitrogens with zero attached hydrogens (tertiary/aromatic N) is 2.